The van der Waals surface area contributed by atoms with E-state index in [1.54, 1.807) is 5.38 Å². The lowest BCUT2D eigenvalue weighted by atomic mass is 10.2. The maximum Gasteiger partial charge on any atom is 0.183 e. The molecule has 0 unspecified atom stereocenters. The Morgan fingerprint density at radius 3 is 2.41 bits per heavy atom. The number of rotatable bonds is 3. The van der Waals surface area contributed by atoms with Gasteiger partial charge in [0.15, 0.2) is 5.13 Å². The number of hydrogen-bond donors (Lipinski definition) is 1. The zero-order chi connectivity index (χ0) is 12.4. The fourth-order valence-electron chi connectivity index (χ4n) is 1.42. The highest BCUT2D eigenvalue weighted by atomic mass is 32.1. The lowest BCUT2D eigenvalue weighted by Gasteiger charge is -2.04. The molecule has 0 spiro atoms. The zero-order valence-electron chi connectivity index (χ0n) is 9.50. The first-order valence-electron chi connectivity index (χ1n) is 5.23. The Hall–Kier alpha value is -1.49. The van der Waals surface area contributed by atoms with Crippen LogP contribution in [0.4, 0.5) is 13.9 Å². The largest absolute Gasteiger partial charge is 0.359 e. The van der Waals surface area contributed by atoms with Crippen molar-refractivity contribution in [2.24, 2.45) is 0 Å². The molecule has 0 aliphatic carbocycles. The molecule has 2 aromatic rings. The van der Waals surface area contributed by atoms with E-state index in [4.69, 9.17) is 0 Å². The van der Waals surface area contributed by atoms with Gasteiger partial charge < -0.3 is 5.32 Å². The third kappa shape index (κ3) is 3.00. The quantitative estimate of drug-likeness (QED) is 0.898. The summed E-state index contributed by atoms with van der Waals surface area (Å²) in [6.45, 7) is 4.01. The molecule has 2 nitrogen and oxygen atoms in total. The third-order valence-corrected chi connectivity index (χ3v) is 2.85. The highest BCUT2D eigenvalue weighted by molar-refractivity contribution is 7.14. The topological polar surface area (TPSA) is 24.9 Å². The van der Waals surface area contributed by atoms with Crippen molar-refractivity contribution in [3.05, 3.63) is 35.2 Å². The summed E-state index contributed by atoms with van der Waals surface area (Å²) in [5.74, 6) is -1.18. The van der Waals surface area contributed by atoms with Crippen LogP contribution in [0.25, 0.3) is 11.3 Å². The summed E-state index contributed by atoms with van der Waals surface area (Å²) in [6.07, 6.45) is 0. The number of aromatic nitrogens is 1. The van der Waals surface area contributed by atoms with Crippen molar-refractivity contribution in [3.63, 3.8) is 0 Å². The lowest BCUT2D eigenvalue weighted by molar-refractivity contribution is 0.584. The molecule has 0 aliphatic rings. The van der Waals surface area contributed by atoms with Crippen LogP contribution in [-0.2, 0) is 0 Å². The second kappa shape index (κ2) is 4.79. The summed E-state index contributed by atoms with van der Waals surface area (Å²) in [5, 5.41) is 5.67. The van der Waals surface area contributed by atoms with Crippen molar-refractivity contribution in [2.75, 3.05) is 5.32 Å². The molecule has 1 heterocycles. The van der Waals surface area contributed by atoms with E-state index >= 15 is 0 Å². The van der Waals surface area contributed by atoms with Gasteiger partial charge in [-0.05, 0) is 26.0 Å². The summed E-state index contributed by atoms with van der Waals surface area (Å²) < 4.78 is 26.1. The van der Waals surface area contributed by atoms with Crippen molar-refractivity contribution in [1.82, 2.24) is 4.98 Å². The second-order valence-electron chi connectivity index (χ2n) is 4.00. The summed E-state index contributed by atoms with van der Waals surface area (Å²) in [7, 11) is 0. The number of nitrogens with one attached hydrogen (secondary N) is 1. The first-order chi connectivity index (χ1) is 8.04. The molecule has 0 atom stereocenters. The number of halogens is 2. The van der Waals surface area contributed by atoms with E-state index in [-0.39, 0.29) is 6.04 Å². The molecule has 0 bridgehead atoms. The normalized spacial score (nSPS) is 10.9. The van der Waals surface area contributed by atoms with Gasteiger partial charge in [-0.1, -0.05) is 0 Å². The van der Waals surface area contributed by atoms with Crippen molar-refractivity contribution in [1.29, 1.82) is 0 Å². The number of thiazole rings is 1. The van der Waals surface area contributed by atoms with Crippen LogP contribution in [0.1, 0.15) is 13.8 Å². The Labute approximate surface area is 102 Å². The number of hydrogen-bond acceptors (Lipinski definition) is 3. The first-order valence-corrected chi connectivity index (χ1v) is 6.11. The third-order valence-electron chi connectivity index (χ3n) is 2.07. The SMILES string of the molecule is CC(C)Nc1nc(-c2cc(F)cc(F)c2)cs1. The molecule has 0 amide bonds. The number of nitrogens with zero attached hydrogens (tertiary/aromatic N) is 1. The van der Waals surface area contributed by atoms with Gasteiger partial charge in [-0.25, -0.2) is 13.8 Å². The van der Waals surface area contributed by atoms with E-state index in [1.165, 1.54) is 23.5 Å². The Bertz CT molecular complexity index is 503. The van der Waals surface area contributed by atoms with Crippen LogP contribution < -0.4 is 5.32 Å². The van der Waals surface area contributed by atoms with Crippen LogP contribution in [0.5, 0.6) is 0 Å². The molecule has 90 valence electrons. The fraction of sp³-hybridized carbons (Fsp3) is 0.250. The van der Waals surface area contributed by atoms with Crippen LogP contribution in [-0.4, -0.2) is 11.0 Å². The second-order valence-corrected chi connectivity index (χ2v) is 4.85. The van der Waals surface area contributed by atoms with Gasteiger partial charge in [0.2, 0.25) is 0 Å². The molecule has 5 heteroatoms. The van der Waals surface area contributed by atoms with Gasteiger partial charge in [0.1, 0.15) is 11.6 Å². The van der Waals surface area contributed by atoms with E-state index in [0.29, 0.717) is 11.3 Å². The minimum atomic E-state index is -0.591. The van der Waals surface area contributed by atoms with Gasteiger partial charge in [-0.15, -0.1) is 11.3 Å². The van der Waals surface area contributed by atoms with Gasteiger partial charge in [-0.3, -0.25) is 0 Å². The average Bonchev–Trinajstić information content (AvgIpc) is 2.63. The smallest absolute Gasteiger partial charge is 0.183 e. The van der Waals surface area contributed by atoms with Crippen LogP contribution >= 0.6 is 11.3 Å². The van der Waals surface area contributed by atoms with E-state index in [2.05, 4.69) is 10.3 Å². The van der Waals surface area contributed by atoms with E-state index < -0.39 is 11.6 Å². The zero-order valence-corrected chi connectivity index (χ0v) is 10.3. The van der Waals surface area contributed by atoms with Crippen molar-refractivity contribution >= 4 is 16.5 Å². The molecule has 1 aromatic carbocycles. The van der Waals surface area contributed by atoms with Gasteiger partial charge >= 0.3 is 0 Å². The molecule has 0 saturated carbocycles. The predicted octanol–water partition coefficient (Wildman–Crippen LogP) is 3.91. The van der Waals surface area contributed by atoms with E-state index in [1.807, 2.05) is 13.8 Å². The van der Waals surface area contributed by atoms with Crippen molar-refractivity contribution in [3.8, 4) is 11.3 Å². The average molecular weight is 254 g/mol. The van der Waals surface area contributed by atoms with Gasteiger partial charge in [0, 0.05) is 23.1 Å². The predicted molar refractivity (Wildman–Crippen MR) is 66.2 cm³/mol. The molecule has 2 rings (SSSR count). The van der Waals surface area contributed by atoms with E-state index in [9.17, 15) is 8.78 Å². The monoisotopic (exact) mass is 254 g/mol. The standard InChI is InChI=1S/C12H12F2N2S/c1-7(2)15-12-16-11(6-17-12)8-3-9(13)5-10(14)4-8/h3-7H,1-2H3,(H,15,16). The number of anilines is 1. The fourth-order valence-corrected chi connectivity index (χ4v) is 2.29. The molecule has 0 fully saturated rings. The molecule has 0 saturated heterocycles. The van der Waals surface area contributed by atoms with Crippen LogP contribution in [0.2, 0.25) is 0 Å². The van der Waals surface area contributed by atoms with Crippen LogP contribution in [0.3, 0.4) is 0 Å². The molecule has 1 N–H and O–H groups in total. The van der Waals surface area contributed by atoms with Crippen molar-refractivity contribution in [2.45, 2.75) is 19.9 Å². The summed E-state index contributed by atoms with van der Waals surface area (Å²) in [4.78, 5) is 4.28. The van der Waals surface area contributed by atoms with E-state index in [0.717, 1.165) is 11.2 Å². The summed E-state index contributed by atoms with van der Waals surface area (Å²) >= 11 is 1.42. The Kier molecular flexibility index (Phi) is 3.38. The first kappa shape index (κ1) is 12.0. The highest BCUT2D eigenvalue weighted by Gasteiger charge is 2.08. The maximum atomic E-state index is 13.1. The number of benzene rings is 1. The van der Waals surface area contributed by atoms with Crippen molar-refractivity contribution < 1.29 is 8.78 Å². The highest BCUT2D eigenvalue weighted by Crippen LogP contribution is 2.26. The summed E-state index contributed by atoms with van der Waals surface area (Å²) in [6, 6.07) is 3.68. The van der Waals surface area contributed by atoms with Gasteiger partial charge in [-0.2, -0.15) is 0 Å². The lowest BCUT2D eigenvalue weighted by Crippen LogP contribution is -2.08. The molecule has 1 aromatic heterocycles. The van der Waals surface area contributed by atoms with Crippen LogP contribution in [0.15, 0.2) is 23.6 Å². The minimum absolute atomic E-state index is 0.276. The molecule has 17 heavy (non-hydrogen) atoms. The van der Waals surface area contributed by atoms with Gasteiger partial charge in [0.25, 0.3) is 0 Å². The minimum Gasteiger partial charge on any atom is -0.359 e. The van der Waals surface area contributed by atoms with Gasteiger partial charge in [0.05, 0.1) is 5.69 Å². The van der Waals surface area contributed by atoms with Crippen LogP contribution in [0, 0.1) is 11.6 Å². The Balaban J connectivity index is 2.30. The summed E-state index contributed by atoms with van der Waals surface area (Å²) in [5.41, 5.74) is 1.03. The molecule has 0 radical (unpaired) electrons. The molecular formula is C12H12F2N2S. The maximum absolute atomic E-state index is 13.1. The Morgan fingerprint density at radius 1 is 1.18 bits per heavy atom. The molecule has 0 aliphatic heterocycles. The Morgan fingerprint density at radius 2 is 1.82 bits per heavy atom. The molecular weight excluding hydrogens is 242 g/mol.